The van der Waals surface area contributed by atoms with E-state index < -0.39 is 5.50 Å². The van der Waals surface area contributed by atoms with Gasteiger partial charge in [-0.25, -0.2) is 0 Å². The normalized spacial score (nSPS) is 21.2. The zero-order chi connectivity index (χ0) is 15.0. The Morgan fingerprint density at radius 3 is 2.00 bits per heavy atom. The van der Waals surface area contributed by atoms with Crippen molar-refractivity contribution < 1.29 is 14.0 Å². The van der Waals surface area contributed by atoms with Gasteiger partial charge in [0.05, 0.1) is 23.3 Å². The van der Waals surface area contributed by atoms with Crippen LogP contribution < -0.4 is 0 Å². The van der Waals surface area contributed by atoms with Crippen molar-refractivity contribution in [2.75, 3.05) is 0 Å². The molecule has 1 aliphatic rings. The first-order valence-corrected chi connectivity index (χ1v) is 7.18. The fourth-order valence-corrected chi connectivity index (χ4v) is 2.04. The van der Waals surface area contributed by atoms with Gasteiger partial charge >= 0.3 is 7.12 Å². The minimum absolute atomic E-state index is 0.328. The highest BCUT2D eigenvalue weighted by molar-refractivity contribution is 6.49. The highest BCUT2D eigenvalue weighted by atomic mass is 16.7. The van der Waals surface area contributed by atoms with Crippen LogP contribution >= 0.6 is 0 Å². The molecule has 1 fully saturated rings. The maximum Gasteiger partial charge on any atom is 0.491 e. The molecule has 0 atom stereocenters. The lowest BCUT2D eigenvalue weighted by atomic mass is 9.69. The van der Waals surface area contributed by atoms with Crippen molar-refractivity contribution in [1.29, 1.82) is 0 Å². The molecular formula is C16H25BO3. The van der Waals surface area contributed by atoms with Gasteiger partial charge in [-0.3, -0.25) is 0 Å². The van der Waals surface area contributed by atoms with Crippen LogP contribution in [0, 0.1) is 0 Å². The molecule has 20 heavy (non-hydrogen) atoms. The quantitative estimate of drug-likeness (QED) is 0.786. The van der Waals surface area contributed by atoms with E-state index in [-0.39, 0.29) is 18.3 Å². The molecule has 0 aromatic heterocycles. The highest BCUT2D eigenvalue weighted by Crippen LogP contribution is 2.40. The van der Waals surface area contributed by atoms with E-state index in [1.54, 1.807) is 0 Å². The maximum atomic E-state index is 6.07. The van der Waals surface area contributed by atoms with Crippen LogP contribution in [-0.2, 0) is 20.7 Å². The van der Waals surface area contributed by atoms with Crippen LogP contribution in [0.15, 0.2) is 30.3 Å². The van der Waals surface area contributed by atoms with Crippen LogP contribution in [0.2, 0.25) is 0 Å². The van der Waals surface area contributed by atoms with Crippen molar-refractivity contribution in [3.63, 3.8) is 0 Å². The first-order valence-electron chi connectivity index (χ1n) is 7.18. The molecule has 1 saturated heterocycles. The number of rotatable bonds is 4. The van der Waals surface area contributed by atoms with E-state index >= 15 is 0 Å². The summed E-state index contributed by atoms with van der Waals surface area (Å²) in [6.07, 6.45) is 0. The molecule has 1 aromatic rings. The molecule has 0 radical (unpaired) electrons. The third-order valence-electron chi connectivity index (χ3n) is 4.27. The summed E-state index contributed by atoms with van der Waals surface area (Å²) in [5.74, 6) is 0. The van der Waals surface area contributed by atoms with Gasteiger partial charge in [-0.1, -0.05) is 30.3 Å². The number of hydrogen-bond donors (Lipinski definition) is 0. The second-order valence-corrected chi connectivity index (χ2v) is 6.97. The lowest BCUT2D eigenvalue weighted by molar-refractivity contribution is 0.000841. The fourth-order valence-electron chi connectivity index (χ4n) is 2.04. The van der Waals surface area contributed by atoms with Gasteiger partial charge in [-0.2, -0.15) is 0 Å². The van der Waals surface area contributed by atoms with Crippen LogP contribution in [-0.4, -0.2) is 23.8 Å². The largest absolute Gasteiger partial charge is 0.491 e. The van der Waals surface area contributed by atoms with Gasteiger partial charge in [-0.15, -0.1) is 0 Å². The summed E-state index contributed by atoms with van der Waals surface area (Å²) in [6, 6.07) is 10.1. The van der Waals surface area contributed by atoms with E-state index in [4.69, 9.17) is 14.0 Å². The molecule has 0 amide bonds. The SMILES string of the molecule is CC(C)(OCc1ccccc1)B1OC(C)(C)C(C)(C)O1. The Hall–Kier alpha value is -0.835. The Balaban J connectivity index is 2.01. The van der Waals surface area contributed by atoms with E-state index in [9.17, 15) is 0 Å². The lowest BCUT2D eigenvalue weighted by Gasteiger charge is -2.32. The summed E-state index contributed by atoms with van der Waals surface area (Å²) in [4.78, 5) is 0. The molecule has 4 heteroatoms. The van der Waals surface area contributed by atoms with Gasteiger partial charge in [-0.05, 0) is 47.1 Å². The van der Waals surface area contributed by atoms with E-state index in [0.29, 0.717) is 6.61 Å². The molecule has 0 spiro atoms. The van der Waals surface area contributed by atoms with E-state index in [1.807, 2.05) is 32.0 Å². The van der Waals surface area contributed by atoms with Crippen molar-refractivity contribution in [1.82, 2.24) is 0 Å². The van der Waals surface area contributed by atoms with E-state index in [0.717, 1.165) is 5.56 Å². The zero-order valence-corrected chi connectivity index (χ0v) is 13.4. The average molecular weight is 276 g/mol. The third-order valence-corrected chi connectivity index (χ3v) is 4.27. The molecule has 0 unspecified atom stereocenters. The summed E-state index contributed by atoms with van der Waals surface area (Å²) in [5, 5.41) is 0. The molecule has 0 saturated carbocycles. The summed E-state index contributed by atoms with van der Waals surface area (Å²) in [7, 11) is -0.365. The molecule has 2 rings (SSSR count). The van der Waals surface area contributed by atoms with Crippen LogP contribution in [0.1, 0.15) is 47.1 Å². The zero-order valence-electron chi connectivity index (χ0n) is 13.4. The van der Waals surface area contributed by atoms with Gasteiger partial charge in [0, 0.05) is 0 Å². The first kappa shape index (κ1) is 15.6. The smallest absolute Gasteiger partial charge is 0.401 e. The van der Waals surface area contributed by atoms with Crippen LogP contribution in [0.25, 0.3) is 0 Å². The molecule has 1 aliphatic heterocycles. The van der Waals surface area contributed by atoms with Gasteiger partial charge in [0.25, 0.3) is 0 Å². The van der Waals surface area contributed by atoms with Crippen molar-refractivity contribution in [2.24, 2.45) is 0 Å². The predicted octanol–water partition coefficient (Wildman–Crippen LogP) is 3.61. The maximum absolute atomic E-state index is 6.07. The van der Waals surface area contributed by atoms with Gasteiger partial charge in [0.1, 0.15) is 0 Å². The number of ether oxygens (including phenoxy) is 1. The Labute approximate surface area is 122 Å². The average Bonchev–Trinajstić information content (AvgIpc) is 2.58. The van der Waals surface area contributed by atoms with Gasteiger partial charge in [0.15, 0.2) is 0 Å². The van der Waals surface area contributed by atoms with E-state index in [2.05, 4.69) is 39.8 Å². The summed E-state index contributed by atoms with van der Waals surface area (Å²) >= 11 is 0. The van der Waals surface area contributed by atoms with Crippen molar-refractivity contribution in [3.05, 3.63) is 35.9 Å². The highest BCUT2D eigenvalue weighted by Gasteiger charge is 2.57. The molecule has 110 valence electrons. The van der Waals surface area contributed by atoms with Crippen molar-refractivity contribution >= 4 is 7.12 Å². The van der Waals surface area contributed by atoms with Gasteiger partial charge in [0.2, 0.25) is 0 Å². The van der Waals surface area contributed by atoms with Crippen molar-refractivity contribution in [2.45, 2.75) is 64.9 Å². The molecule has 1 heterocycles. The predicted molar refractivity (Wildman–Crippen MR) is 81.4 cm³/mol. The summed E-state index contributed by atoms with van der Waals surface area (Å²) in [5.41, 5.74) is -0.00570. The lowest BCUT2D eigenvalue weighted by Crippen LogP contribution is -2.45. The molecule has 0 aliphatic carbocycles. The molecule has 3 nitrogen and oxygen atoms in total. The molecule has 0 bridgehead atoms. The second kappa shape index (κ2) is 5.17. The topological polar surface area (TPSA) is 27.7 Å². The second-order valence-electron chi connectivity index (χ2n) is 6.97. The Kier molecular flexibility index (Phi) is 4.02. The standard InChI is InChI=1S/C16H25BO3/c1-14(2)15(3,4)20-17(19-14)16(5,6)18-12-13-10-8-7-9-11-13/h7-11H,12H2,1-6H3. The summed E-state index contributed by atoms with van der Waals surface area (Å²) in [6.45, 7) is 12.8. The van der Waals surface area contributed by atoms with E-state index in [1.165, 1.54) is 0 Å². The Morgan fingerprint density at radius 1 is 1.00 bits per heavy atom. The Bertz CT molecular complexity index is 438. The van der Waals surface area contributed by atoms with Gasteiger partial charge < -0.3 is 14.0 Å². The van der Waals surface area contributed by atoms with Crippen LogP contribution in [0.4, 0.5) is 0 Å². The van der Waals surface area contributed by atoms with Crippen molar-refractivity contribution in [3.8, 4) is 0 Å². The minimum atomic E-state index is -0.499. The summed E-state index contributed by atoms with van der Waals surface area (Å²) < 4.78 is 18.2. The number of benzene rings is 1. The molecule has 0 N–H and O–H groups in total. The Morgan fingerprint density at radius 2 is 1.50 bits per heavy atom. The first-order chi connectivity index (χ1) is 9.14. The van der Waals surface area contributed by atoms with Crippen LogP contribution in [0.3, 0.4) is 0 Å². The minimum Gasteiger partial charge on any atom is -0.401 e. The third kappa shape index (κ3) is 3.08. The van der Waals surface area contributed by atoms with Crippen LogP contribution in [0.5, 0.6) is 0 Å². The fraction of sp³-hybridized carbons (Fsp3) is 0.625. The molecule has 1 aromatic carbocycles. The molecular weight excluding hydrogens is 251 g/mol. The monoisotopic (exact) mass is 276 g/mol. The number of hydrogen-bond acceptors (Lipinski definition) is 3.